The summed E-state index contributed by atoms with van der Waals surface area (Å²) in [4.78, 5) is 27.7. The third-order valence-electron chi connectivity index (χ3n) is 4.29. The van der Waals surface area contributed by atoms with Gasteiger partial charge in [0.25, 0.3) is 0 Å². The van der Waals surface area contributed by atoms with Gasteiger partial charge in [0.05, 0.1) is 6.61 Å². The van der Waals surface area contributed by atoms with Crippen LogP contribution in [-0.4, -0.2) is 35.0 Å². The summed E-state index contributed by atoms with van der Waals surface area (Å²) >= 11 is 5.87. The fourth-order valence-electron chi connectivity index (χ4n) is 2.70. The molecule has 1 amide bonds. The molecule has 0 unspecified atom stereocenters. The number of rotatable bonds is 10. The number of hydrogen-bond donors (Lipinski definition) is 1. The molecule has 30 heavy (non-hydrogen) atoms. The summed E-state index contributed by atoms with van der Waals surface area (Å²) in [5.74, 6) is 1.47. The number of benzene rings is 2. The van der Waals surface area contributed by atoms with Crippen LogP contribution in [0, 0.1) is 0 Å². The largest absolute Gasteiger partial charge is 0.494 e. The van der Waals surface area contributed by atoms with Gasteiger partial charge in [0.1, 0.15) is 5.75 Å². The van der Waals surface area contributed by atoms with Crippen molar-refractivity contribution < 1.29 is 18.8 Å². The Morgan fingerprint density at radius 3 is 2.73 bits per heavy atom. The van der Waals surface area contributed by atoms with Gasteiger partial charge in [-0.2, -0.15) is 4.98 Å². The van der Waals surface area contributed by atoms with E-state index in [0.29, 0.717) is 60.5 Å². The molecule has 1 aromatic heterocycles. The van der Waals surface area contributed by atoms with Crippen LogP contribution in [0.15, 0.2) is 53.1 Å². The number of nitrogens with zero attached hydrogens (tertiary/aromatic N) is 2. The van der Waals surface area contributed by atoms with Gasteiger partial charge in [-0.3, -0.25) is 9.59 Å². The van der Waals surface area contributed by atoms with E-state index >= 15 is 0 Å². The minimum absolute atomic E-state index is 0.0126. The van der Waals surface area contributed by atoms with Crippen LogP contribution in [-0.2, 0) is 11.2 Å². The highest BCUT2D eigenvalue weighted by molar-refractivity contribution is 6.30. The topological polar surface area (TPSA) is 94.3 Å². The molecular formula is C22H22ClN3O4. The zero-order valence-electron chi connectivity index (χ0n) is 16.6. The van der Waals surface area contributed by atoms with Crippen molar-refractivity contribution in [2.75, 3.05) is 13.2 Å². The molecule has 8 heteroatoms. The number of amides is 1. The Balaban J connectivity index is 1.34. The maximum Gasteiger partial charge on any atom is 0.228 e. The maximum absolute atomic E-state index is 12.0. The van der Waals surface area contributed by atoms with Crippen LogP contribution in [0.2, 0.25) is 5.02 Å². The number of Topliss-reactive ketones (excluding diaryl/α,β-unsaturated/α-hetero) is 1. The lowest BCUT2D eigenvalue weighted by molar-refractivity contribution is -0.121. The van der Waals surface area contributed by atoms with Crippen molar-refractivity contribution in [1.82, 2.24) is 15.5 Å². The highest BCUT2D eigenvalue weighted by atomic mass is 35.5. The summed E-state index contributed by atoms with van der Waals surface area (Å²) in [7, 11) is 0. The zero-order valence-corrected chi connectivity index (χ0v) is 17.3. The Morgan fingerprint density at radius 1 is 1.17 bits per heavy atom. The molecule has 1 heterocycles. The number of halogens is 1. The fourth-order valence-corrected chi connectivity index (χ4v) is 2.82. The first-order valence-corrected chi connectivity index (χ1v) is 9.98. The molecule has 3 rings (SSSR count). The Bertz CT molecular complexity index is 1000. The van der Waals surface area contributed by atoms with E-state index < -0.39 is 0 Å². The van der Waals surface area contributed by atoms with Crippen LogP contribution < -0.4 is 10.1 Å². The van der Waals surface area contributed by atoms with Gasteiger partial charge < -0.3 is 14.6 Å². The number of hydrogen-bond acceptors (Lipinski definition) is 6. The lowest BCUT2D eigenvalue weighted by atomic mass is 10.1. The molecule has 0 radical (unpaired) electrons. The summed E-state index contributed by atoms with van der Waals surface area (Å²) in [6.07, 6.45) is 1.35. The van der Waals surface area contributed by atoms with Crippen molar-refractivity contribution in [2.45, 2.75) is 26.2 Å². The van der Waals surface area contributed by atoms with Crippen LogP contribution in [0.25, 0.3) is 11.4 Å². The maximum atomic E-state index is 12.0. The average molecular weight is 428 g/mol. The van der Waals surface area contributed by atoms with Gasteiger partial charge in [0, 0.05) is 35.5 Å². The van der Waals surface area contributed by atoms with Crippen molar-refractivity contribution in [3.05, 3.63) is 65.0 Å². The quantitative estimate of drug-likeness (QED) is 0.386. The minimum atomic E-state index is -0.0754. The van der Waals surface area contributed by atoms with Crippen LogP contribution in [0.4, 0.5) is 0 Å². The zero-order chi connectivity index (χ0) is 21.3. The monoisotopic (exact) mass is 427 g/mol. The third-order valence-corrected chi connectivity index (χ3v) is 4.54. The molecule has 0 atom stereocenters. The molecule has 0 aliphatic heterocycles. The van der Waals surface area contributed by atoms with E-state index in [1.807, 2.05) is 12.1 Å². The lowest BCUT2D eigenvalue weighted by Gasteiger charge is -2.07. The third kappa shape index (κ3) is 6.42. The molecule has 156 valence electrons. The molecule has 0 aliphatic carbocycles. The predicted octanol–water partition coefficient (Wildman–Crippen LogP) is 4.11. The average Bonchev–Trinajstić information content (AvgIpc) is 3.21. The van der Waals surface area contributed by atoms with Crippen molar-refractivity contribution in [3.63, 3.8) is 0 Å². The Labute approximate surface area is 179 Å². The van der Waals surface area contributed by atoms with Gasteiger partial charge in [0.15, 0.2) is 5.78 Å². The summed E-state index contributed by atoms with van der Waals surface area (Å²) in [6.45, 7) is 2.31. The smallest absolute Gasteiger partial charge is 0.228 e. The number of carbonyl (C=O) groups is 2. The van der Waals surface area contributed by atoms with Crippen LogP contribution in [0.3, 0.4) is 0 Å². The first-order chi connectivity index (χ1) is 14.5. The SMILES string of the molecule is CC(=O)c1cccc(OCCCC(=O)NCCc2nc(-c3ccc(Cl)cc3)no2)c1. The van der Waals surface area contributed by atoms with E-state index in [1.165, 1.54) is 6.92 Å². The Hall–Kier alpha value is -3.19. The number of nitrogens with one attached hydrogen (secondary N) is 1. The van der Waals surface area contributed by atoms with Gasteiger partial charge in [0.2, 0.25) is 17.6 Å². The normalized spacial score (nSPS) is 10.6. The van der Waals surface area contributed by atoms with E-state index in [4.69, 9.17) is 20.9 Å². The van der Waals surface area contributed by atoms with E-state index in [0.717, 1.165) is 5.56 Å². The highest BCUT2D eigenvalue weighted by Gasteiger charge is 2.09. The minimum Gasteiger partial charge on any atom is -0.494 e. The Kier molecular flexibility index (Phi) is 7.57. The molecule has 0 aliphatic rings. The van der Waals surface area contributed by atoms with E-state index in [1.54, 1.807) is 36.4 Å². The molecule has 1 N–H and O–H groups in total. The first-order valence-electron chi connectivity index (χ1n) is 9.60. The summed E-state index contributed by atoms with van der Waals surface area (Å²) in [6, 6.07) is 14.2. The van der Waals surface area contributed by atoms with Crippen molar-refractivity contribution in [1.29, 1.82) is 0 Å². The van der Waals surface area contributed by atoms with E-state index in [2.05, 4.69) is 15.5 Å². The predicted molar refractivity (Wildman–Crippen MR) is 113 cm³/mol. The number of ketones is 1. The van der Waals surface area contributed by atoms with Crippen molar-refractivity contribution in [2.24, 2.45) is 0 Å². The molecule has 2 aromatic carbocycles. The molecule has 0 saturated carbocycles. The Morgan fingerprint density at radius 2 is 1.97 bits per heavy atom. The van der Waals surface area contributed by atoms with Crippen LogP contribution in [0.1, 0.15) is 36.0 Å². The number of aromatic nitrogens is 2. The number of carbonyl (C=O) groups excluding carboxylic acids is 2. The lowest BCUT2D eigenvalue weighted by Crippen LogP contribution is -2.25. The second kappa shape index (κ2) is 10.5. The number of ether oxygens (including phenoxy) is 1. The van der Waals surface area contributed by atoms with Gasteiger partial charge >= 0.3 is 0 Å². The standard InChI is InChI=1S/C22H22ClN3O4/c1-15(27)17-4-2-5-19(14-17)29-13-3-6-20(28)24-12-11-21-25-22(26-30-21)16-7-9-18(23)10-8-16/h2,4-5,7-10,14H,3,6,11-13H2,1H3,(H,24,28). The first kappa shape index (κ1) is 21.5. The molecule has 0 spiro atoms. The molecule has 7 nitrogen and oxygen atoms in total. The second-order valence-corrected chi connectivity index (χ2v) is 7.09. The summed E-state index contributed by atoms with van der Waals surface area (Å²) in [5, 5.41) is 7.41. The molecule has 0 saturated heterocycles. The summed E-state index contributed by atoms with van der Waals surface area (Å²) < 4.78 is 10.8. The highest BCUT2D eigenvalue weighted by Crippen LogP contribution is 2.18. The van der Waals surface area contributed by atoms with Crippen molar-refractivity contribution in [3.8, 4) is 17.1 Å². The van der Waals surface area contributed by atoms with Crippen LogP contribution >= 0.6 is 11.6 Å². The van der Waals surface area contributed by atoms with Gasteiger partial charge in [-0.25, -0.2) is 0 Å². The second-order valence-electron chi connectivity index (χ2n) is 6.65. The fraction of sp³-hybridized carbons (Fsp3) is 0.273. The molecule has 0 bridgehead atoms. The molecule has 0 fully saturated rings. The molecular weight excluding hydrogens is 406 g/mol. The molecule has 3 aromatic rings. The van der Waals surface area contributed by atoms with E-state index in [-0.39, 0.29) is 11.7 Å². The van der Waals surface area contributed by atoms with Gasteiger partial charge in [-0.15, -0.1) is 0 Å². The van der Waals surface area contributed by atoms with Crippen molar-refractivity contribution >= 4 is 23.3 Å². The van der Waals surface area contributed by atoms with Crippen LogP contribution in [0.5, 0.6) is 5.75 Å². The van der Waals surface area contributed by atoms with E-state index in [9.17, 15) is 9.59 Å². The van der Waals surface area contributed by atoms with Gasteiger partial charge in [-0.1, -0.05) is 28.9 Å². The van der Waals surface area contributed by atoms with Gasteiger partial charge in [-0.05, 0) is 49.7 Å². The summed E-state index contributed by atoms with van der Waals surface area (Å²) in [5.41, 5.74) is 1.41.